The van der Waals surface area contributed by atoms with Gasteiger partial charge in [0.2, 0.25) is 11.7 Å². The zero-order valence-corrected chi connectivity index (χ0v) is 16.4. The number of hydrogen-bond acceptors (Lipinski definition) is 6. The van der Waals surface area contributed by atoms with Crippen molar-refractivity contribution in [2.45, 2.75) is 45.6 Å². The van der Waals surface area contributed by atoms with E-state index in [1.807, 2.05) is 31.2 Å². The van der Waals surface area contributed by atoms with Crippen molar-refractivity contribution in [1.82, 2.24) is 20.2 Å². The lowest BCUT2D eigenvalue weighted by Gasteiger charge is -2.09. The number of aryl methyl sites for hydroxylation is 3. The molecule has 1 aromatic carbocycles. The molecule has 1 aliphatic rings. The van der Waals surface area contributed by atoms with E-state index in [4.69, 9.17) is 0 Å². The highest BCUT2D eigenvalue weighted by molar-refractivity contribution is 7.16. The second-order valence-electron chi connectivity index (χ2n) is 6.85. The maximum atomic E-state index is 12.4. The first kappa shape index (κ1) is 18.3. The predicted molar refractivity (Wildman–Crippen MR) is 107 cm³/mol. The molecule has 4 rings (SSSR count). The fourth-order valence-corrected chi connectivity index (χ4v) is 4.69. The highest BCUT2D eigenvalue weighted by atomic mass is 32.1. The zero-order valence-electron chi connectivity index (χ0n) is 15.6. The third-order valence-electron chi connectivity index (χ3n) is 4.91. The van der Waals surface area contributed by atoms with E-state index in [9.17, 15) is 10.1 Å². The Morgan fingerprint density at radius 1 is 1.32 bits per heavy atom. The van der Waals surface area contributed by atoms with E-state index in [0.29, 0.717) is 22.9 Å². The minimum Gasteiger partial charge on any atom is -0.317 e. The highest BCUT2D eigenvalue weighted by Crippen LogP contribution is 2.37. The largest absolute Gasteiger partial charge is 0.317 e. The van der Waals surface area contributed by atoms with Gasteiger partial charge in [0.25, 0.3) is 0 Å². The van der Waals surface area contributed by atoms with Gasteiger partial charge >= 0.3 is 0 Å². The average Bonchev–Trinajstić information content (AvgIpc) is 3.30. The van der Waals surface area contributed by atoms with Crippen LogP contribution in [-0.4, -0.2) is 26.1 Å². The number of nitrogens with zero attached hydrogens (tertiary/aromatic N) is 5. The number of fused-ring (bicyclic) bond motifs is 1. The van der Waals surface area contributed by atoms with E-state index < -0.39 is 0 Å². The molecule has 1 N–H and O–H groups in total. The molecular weight excluding hydrogens is 372 g/mol. The molecule has 7 nitrogen and oxygen atoms in total. The molecule has 142 valence electrons. The normalized spacial score (nSPS) is 13.0. The Bertz CT molecular complexity index is 1060. The lowest BCUT2D eigenvalue weighted by Crippen LogP contribution is -2.15. The van der Waals surface area contributed by atoms with E-state index >= 15 is 0 Å². The van der Waals surface area contributed by atoms with Gasteiger partial charge in [-0.1, -0.05) is 24.3 Å². The molecule has 1 amide bonds. The predicted octanol–water partition coefficient (Wildman–Crippen LogP) is 3.49. The molecule has 0 aliphatic heterocycles. The van der Waals surface area contributed by atoms with Crippen molar-refractivity contribution in [2.75, 3.05) is 5.32 Å². The summed E-state index contributed by atoms with van der Waals surface area (Å²) in [6, 6.07) is 10.1. The first-order valence-electron chi connectivity index (χ1n) is 9.34. The molecule has 0 bridgehead atoms. The Morgan fingerprint density at radius 2 is 2.14 bits per heavy atom. The maximum Gasteiger partial charge on any atom is 0.226 e. The molecule has 1 aliphatic carbocycles. The van der Waals surface area contributed by atoms with Crippen LogP contribution in [-0.2, 0) is 24.2 Å². The number of carbonyl (C=O) groups excluding carboxylic acids is 1. The van der Waals surface area contributed by atoms with Crippen LogP contribution in [0.4, 0.5) is 5.00 Å². The fourth-order valence-electron chi connectivity index (χ4n) is 3.43. The summed E-state index contributed by atoms with van der Waals surface area (Å²) in [7, 11) is 0. The van der Waals surface area contributed by atoms with E-state index in [1.54, 1.807) is 0 Å². The van der Waals surface area contributed by atoms with Crippen molar-refractivity contribution in [3.63, 3.8) is 0 Å². The number of hydrogen-bond donors (Lipinski definition) is 1. The van der Waals surface area contributed by atoms with Crippen LogP contribution < -0.4 is 5.32 Å². The van der Waals surface area contributed by atoms with Gasteiger partial charge in [-0.2, -0.15) is 10.1 Å². The Kier molecular flexibility index (Phi) is 5.17. The molecular formula is C20H20N6OS. The van der Waals surface area contributed by atoms with Gasteiger partial charge in [0.15, 0.2) is 0 Å². The van der Waals surface area contributed by atoms with Crippen molar-refractivity contribution in [1.29, 1.82) is 5.26 Å². The van der Waals surface area contributed by atoms with Gasteiger partial charge in [-0.05, 0) is 48.9 Å². The van der Waals surface area contributed by atoms with Crippen molar-refractivity contribution in [2.24, 2.45) is 0 Å². The summed E-state index contributed by atoms with van der Waals surface area (Å²) >= 11 is 1.53. The first-order valence-corrected chi connectivity index (χ1v) is 10.2. The second kappa shape index (κ2) is 7.90. The molecule has 0 saturated carbocycles. The average molecular weight is 392 g/mol. The van der Waals surface area contributed by atoms with Crippen LogP contribution in [0.3, 0.4) is 0 Å². The van der Waals surface area contributed by atoms with Gasteiger partial charge in [-0.15, -0.1) is 21.5 Å². The number of nitrogens with one attached hydrogen (secondary N) is 1. The number of aromatic nitrogens is 4. The number of rotatable bonds is 5. The number of amides is 1. The summed E-state index contributed by atoms with van der Waals surface area (Å²) in [5.74, 6) is 0.404. The van der Waals surface area contributed by atoms with Gasteiger partial charge in [0.1, 0.15) is 11.1 Å². The van der Waals surface area contributed by atoms with Crippen LogP contribution in [0.25, 0.3) is 11.4 Å². The van der Waals surface area contributed by atoms with Crippen LogP contribution in [0.2, 0.25) is 0 Å². The summed E-state index contributed by atoms with van der Waals surface area (Å²) in [6.45, 7) is 2.33. The number of anilines is 1. The smallest absolute Gasteiger partial charge is 0.226 e. The van der Waals surface area contributed by atoms with Gasteiger partial charge in [-0.3, -0.25) is 4.79 Å². The Morgan fingerprint density at radius 3 is 2.96 bits per heavy atom. The van der Waals surface area contributed by atoms with Crippen LogP contribution in [0.5, 0.6) is 0 Å². The molecule has 0 radical (unpaired) electrons. The standard InChI is InChI=1S/C20H20N6OS/c1-13-6-2-3-7-14(13)19-23-25-26(24-19)11-10-18(27)22-20-16(12-21)15-8-4-5-9-17(15)28-20/h2-3,6-7H,4-5,8-11H2,1H3,(H,22,27). The van der Waals surface area contributed by atoms with Gasteiger partial charge < -0.3 is 5.32 Å². The van der Waals surface area contributed by atoms with E-state index in [1.165, 1.54) is 21.0 Å². The van der Waals surface area contributed by atoms with Gasteiger partial charge in [0, 0.05) is 16.9 Å². The quantitative estimate of drug-likeness (QED) is 0.717. The first-order chi connectivity index (χ1) is 13.7. The van der Waals surface area contributed by atoms with E-state index in [2.05, 4.69) is 26.8 Å². The third-order valence-corrected chi connectivity index (χ3v) is 6.12. The lowest BCUT2D eigenvalue weighted by molar-refractivity contribution is -0.116. The summed E-state index contributed by atoms with van der Waals surface area (Å²) in [6.07, 6.45) is 4.39. The summed E-state index contributed by atoms with van der Waals surface area (Å²) < 4.78 is 0. The second-order valence-corrected chi connectivity index (χ2v) is 7.95. The highest BCUT2D eigenvalue weighted by Gasteiger charge is 2.21. The molecule has 0 spiro atoms. The molecule has 0 unspecified atom stereocenters. The third kappa shape index (κ3) is 3.66. The van der Waals surface area contributed by atoms with Crippen LogP contribution in [0.15, 0.2) is 24.3 Å². The van der Waals surface area contributed by atoms with Crippen molar-refractivity contribution in [3.8, 4) is 17.5 Å². The number of nitriles is 1. The Balaban J connectivity index is 1.40. The minimum atomic E-state index is -0.148. The topological polar surface area (TPSA) is 96.5 Å². The Hall–Kier alpha value is -3.05. The number of tetrazole rings is 1. The van der Waals surface area contributed by atoms with Crippen molar-refractivity contribution < 1.29 is 4.79 Å². The molecule has 0 saturated heterocycles. The maximum absolute atomic E-state index is 12.4. The summed E-state index contributed by atoms with van der Waals surface area (Å²) in [5.41, 5.74) is 3.76. The molecule has 2 heterocycles. The minimum absolute atomic E-state index is 0.148. The van der Waals surface area contributed by atoms with Gasteiger partial charge in [-0.25, -0.2) is 0 Å². The van der Waals surface area contributed by atoms with Crippen LogP contribution >= 0.6 is 11.3 Å². The van der Waals surface area contributed by atoms with Gasteiger partial charge in [0.05, 0.1) is 12.1 Å². The van der Waals surface area contributed by atoms with Crippen molar-refractivity contribution in [3.05, 3.63) is 45.8 Å². The van der Waals surface area contributed by atoms with E-state index in [0.717, 1.165) is 42.4 Å². The van der Waals surface area contributed by atoms with Crippen LogP contribution in [0.1, 0.15) is 40.8 Å². The molecule has 0 fully saturated rings. The lowest BCUT2D eigenvalue weighted by atomic mass is 9.96. The number of thiophene rings is 1. The van der Waals surface area contributed by atoms with Crippen molar-refractivity contribution >= 4 is 22.2 Å². The SMILES string of the molecule is Cc1ccccc1-c1nnn(CCC(=O)Nc2sc3c(c2C#N)CCCC3)n1. The molecule has 0 atom stereocenters. The zero-order chi connectivity index (χ0) is 19.5. The summed E-state index contributed by atoms with van der Waals surface area (Å²) in [4.78, 5) is 15.1. The molecule has 8 heteroatoms. The molecule has 28 heavy (non-hydrogen) atoms. The van der Waals surface area contributed by atoms with Crippen LogP contribution in [0, 0.1) is 18.3 Å². The number of carbonyl (C=O) groups is 1. The fraction of sp³-hybridized carbons (Fsp3) is 0.350. The molecule has 3 aromatic rings. The molecule has 2 aromatic heterocycles. The Labute approximate surface area is 167 Å². The number of benzene rings is 1. The summed E-state index contributed by atoms with van der Waals surface area (Å²) in [5, 5.41) is 25.6. The monoisotopic (exact) mass is 392 g/mol. The van der Waals surface area contributed by atoms with E-state index in [-0.39, 0.29) is 12.3 Å².